The summed E-state index contributed by atoms with van der Waals surface area (Å²) in [5.41, 5.74) is 1.12. The zero-order valence-electron chi connectivity index (χ0n) is 19.3. The smallest absolute Gasteiger partial charge is 0.225 e. The Hall–Kier alpha value is -1.58. The molecule has 1 amide bonds. The second kappa shape index (κ2) is 13.1. The van der Waals surface area contributed by atoms with E-state index in [9.17, 15) is 4.79 Å². The molecule has 3 rings (SSSR count). The second-order valence-electron chi connectivity index (χ2n) is 8.37. The minimum atomic E-state index is 0. The maximum Gasteiger partial charge on any atom is 0.225 e. The number of nitrogens with zero attached hydrogens (tertiary/aromatic N) is 4. The summed E-state index contributed by atoms with van der Waals surface area (Å²) in [6, 6.07) is 4.44. The Kier molecular flexibility index (Phi) is 10.8. The van der Waals surface area contributed by atoms with Crippen LogP contribution in [0.3, 0.4) is 0 Å². The standard InChI is InChI=1S/C23H38N6O.HI/c1-4-28(5-2)21-12-11-18(15-25-21)16-26-23(24-3)27-20-13-14-29(17-20)22(30)19-9-7-6-8-10-19;/h11-12,15,19-20H,4-10,13-14,16-17H2,1-3H3,(H2,24,26,27);1H. The van der Waals surface area contributed by atoms with Crippen LogP contribution in [-0.4, -0.2) is 61.0 Å². The molecule has 8 heteroatoms. The normalized spacial score (nSPS) is 19.6. The highest BCUT2D eigenvalue weighted by molar-refractivity contribution is 14.0. The minimum absolute atomic E-state index is 0. The number of carbonyl (C=O) groups is 1. The SMILES string of the molecule is CCN(CC)c1ccc(CNC(=NC)NC2CCN(C(=O)C3CCCCC3)C2)cn1.I. The molecule has 7 nitrogen and oxygen atoms in total. The monoisotopic (exact) mass is 542 g/mol. The average Bonchev–Trinajstić information content (AvgIpc) is 3.27. The number of rotatable bonds is 7. The number of guanidine groups is 1. The predicted molar refractivity (Wildman–Crippen MR) is 138 cm³/mol. The van der Waals surface area contributed by atoms with Crippen LogP contribution >= 0.6 is 24.0 Å². The van der Waals surface area contributed by atoms with Gasteiger partial charge < -0.3 is 20.4 Å². The maximum absolute atomic E-state index is 12.8. The highest BCUT2D eigenvalue weighted by Gasteiger charge is 2.31. The second-order valence-corrected chi connectivity index (χ2v) is 8.37. The van der Waals surface area contributed by atoms with Crippen LogP contribution in [0.25, 0.3) is 0 Å². The lowest BCUT2D eigenvalue weighted by Gasteiger charge is -2.26. The van der Waals surface area contributed by atoms with Crippen molar-refractivity contribution in [1.82, 2.24) is 20.5 Å². The van der Waals surface area contributed by atoms with Crippen molar-refractivity contribution < 1.29 is 4.79 Å². The molecule has 2 aliphatic rings. The van der Waals surface area contributed by atoms with E-state index in [0.717, 1.165) is 62.8 Å². The molecule has 0 spiro atoms. The highest BCUT2D eigenvalue weighted by Crippen LogP contribution is 2.26. The van der Waals surface area contributed by atoms with Crippen molar-refractivity contribution in [2.24, 2.45) is 10.9 Å². The van der Waals surface area contributed by atoms with Gasteiger partial charge in [-0.05, 0) is 44.7 Å². The van der Waals surface area contributed by atoms with E-state index in [2.05, 4.69) is 56.4 Å². The number of hydrogen-bond donors (Lipinski definition) is 2. The van der Waals surface area contributed by atoms with Crippen LogP contribution in [0.4, 0.5) is 5.82 Å². The van der Waals surface area contributed by atoms with Gasteiger partial charge in [0.1, 0.15) is 5.82 Å². The first-order chi connectivity index (χ1) is 14.6. The van der Waals surface area contributed by atoms with Gasteiger partial charge in [0, 0.05) is 57.9 Å². The van der Waals surface area contributed by atoms with Crippen LogP contribution in [0.2, 0.25) is 0 Å². The Morgan fingerprint density at radius 1 is 1.19 bits per heavy atom. The molecular weight excluding hydrogens is 503 g/mol. The van der Waals surface area contributed by atoms with E-state index in [1.165, 1.54) is 19.3 Å². The molecular formula is C23H39IN6O. The Balaban J connectivity index is 0.00000341. The lowest BCUT2D eigenvalue weighted by Crippen LogP contribution is -2.45. The van der Waals surface area contributed by atoms with E-state index in [4.69, 9.17) is 0 Å². The first-order valence-electron chi connectivity index (χ1n) is 11.6. The van der Waals surface area contributed by atoms with Gasteiger partial charge >= 0.3 is 0 Å². The number of likely N-dealkylation sites (tertiary alicyclic amines) is 1. The van der Waals surface area contributed by atoms with Crippen LogP contribution in [0.15, 0.2) is 23.3 Å². The van der Waals surface area contributed by atoms with Gasteiger partial charge in [-0.2, -0.15) is 0 Å². The van der Waals surface area contributed by atoms with Crippen molar-refractivity contribution in [2.45, 2.75) is 65.0 Å². The lowest BCUT2D eigenvalue weighted by atomic mass is 9.88. The molecule has 1 aliphatic heterocycles. The summed E-state index contributed by atoms with van der Waals surface area (Å²) in [7, 11) is 1.79. The molecule has 2 heterocycles. The molecule has 1 unspecified atom stereocenters. The van der Waals surface area contributed by atoms with Crippen molar-refractivity contribution in [2.75, 3.05) is 38.1 Å². The molecule has 2 N–H and O–H groups in total. The fraction of sp³-hybridized carbons (Fsp3) is 0.696. The Labute approximate surface area is 204 Å². The highest BCUT2D eigenvalue weighted by atomic mass is 127. The molecule has 0 aromatic carbocycles. The van der Waals surface area contributed by atoms with Gasteiger partial charge in [-0.15, -0.1) is 24.0 Å². The third-order valence-corrected chi connectivity index (χ3v) is 6.38. The molecule has 2 fully saturated rings. The van der Waals surface area contributed by atoms with E-state index < -0.39 is 0 Å². The van der Waals surface area contributed by atoms with E-state index >= 15 is 0 Å². The van der Waals surface area contributed by atoms with Gasteiger partial charge in [-0.3, -0.25) is 9.79 Å². The van der Waals surface area contributed by atoms with E-state index in [1.54, 1.807) is 7.05 Å². The van der Waals surface area contributed by atoms with Crippen molar-refractivity contribution in [3.63, 3.8) is 0 Å². The number of amides is 1. The Morgan fingerprint density at radius 2 is 1.94 bits per heavy atom. The number of aliphatic imine (C=N–C) groups is 1. The number of aromatic nitrogens is 1. The third-order valence-electron chi connectivity index (χ3n) is 6.38. The minimum Gasteiger partial charge on any atom is -0.357 e. The molecule has 0 radical (unpaired) electrons. The number of nitrogens with one attached hydrogen (secondary N) is 2. The van der Waals surface area contributed by atoms with Crippen molar-refractivity contribution in [3.8, 4) is 0 Å². The van der Waals surface area contributed by atoms with E-state index in [0.29, 0.717) is 12.5 Å². The number of pyridine rings is 1. The predicted octanol–water partition coefficient (Wildman–Crippen LogP) is 3.39. The summed E-state index contributed by atoms with van der Waals surface area (Å²) in [5, 5.41) is 6.87. The molecule has 1 saturated heterocycles. The molecule has 31 heavy (non-hydrogen) atoms. The van der Waals surface area contributed by atoms with Crippen LogP contribution in [-0.2, 0) is 11.3 Å². The number of carbonyl (C=O) groups excluding carboxylic acids is 1. The van der Waals surface area contributed by atoms with Crippen LogP contribution < -0.4 is 15.5 Å². The fourth-order valence-electron chi connectivity index (χ4n) is 4.52. The molecule has 1 saturated carbocycles. The quantitative estimate of drug-likeness (QED) is 0.314. The molecule has 1 aliphatic carbocycles. The van der Waals surface area contributed by atoms with Gasteiger partial charge in [-0.25, -0.2) is 4.98 Å². The lowest BCUT2D eigenvalue weighted by molar-refractivity contribution is -0.135. The van der Waals surface area contributed by atoms with E-state index in [1.807, 2.05) is 6.20 Å². The van der Waals surface area contributed by atoms with Gasteiger partial charge in [0.05, 0.1) is 0 Å². The Bertz CT molecular complexity index is 701. The molecule has 1 atom stereocenters. The van der Waals surface area contributed by atoms with Crippen molar-refractivity contribution in [3.05, 3.63) is 23.9 Å². The summed E-state index contributed by atoms with van der Waals surface area (Å²) in [6.45, 7) is 8.49. The summed E-state index contributed by atoms with van der Waals surface area (Å²) in [6.07, 6.45) is 8.72. The summed E-state index contributed by atoms with van der Waals surface area (Å²) in [4.78, 5) is 26.0. The summed E-state index contributed by atoms with van der Waals surface area (Å²) >= 11 is 0. The van der Waals surface area contributed by atoms with Gasteiger partial charge in [0.2, 0.25) is 5.91 Å². The molecule has 174 valence electrons. The first kappa shape index (κ1) is 25.7. The molecule has 0 bridgehead atoms. The maximum atomic E-state index is 12.8. The summed E-state index contributed by atoms with van der Waals surface area (Å²) in [5.74, 6) is 2.41. The van der Waals surface area contributed by atoms with Gasteiger partial charge in [0.15, 0.2) is 5.96 Å². The average molecular weight is 543 g/mol. The summed E-state index contributed by atoms with van der Waals surface area (Å²) < 4.78 is 0. The van der Waals surface area contributed by atoms with Gasteiger partial charge in [0.25, 0.3) is 0 Å². The number of halogens is 1. The third kappa shape index (κ3) is 7.22. The van der Waals surface area contributed by atoms with Crippen molar-refractivity contribution >= 4 is 41.7 Å². The van der Waals surface area contributed by atoms with Crippen LogP contribution in [0.5, 0.6) is 0 Å². The topological polar surface area (TPSA) is 72.9 Å². The number of hydrogen-bond acceptors (Lipinski definition) is 4. The van der Waals surface area contributed by atoms with Crippen LogP contribution in [0.1, 0.15) is 57.9 Å². The number of anilines is 1. The zero-order valence-corrected chi connectivity index (χ0v) is 21.6. The van der Waals surface area contributed by atoms with Gasteiger partial charge in [-0.1, -0.05) is 25.3 Å². The largest absolute Gasteiger partial charge is 0.357 e. The molecule has 1 aromatic heterocycles. The van der Waals surface area contributed by atoms with Crippen LogP contribution in [0, 0.1) is 5.92 Å². The molecule has 1 aromatic rings. The van der Waals surface area contributed by atoms with Crippen molar-refractivity contribution in [1.29, 1.82) is 0 Å². The first-order valence-corrected chi connectivity index (χ1v) is 11.6. The Morgan fingerprint density at radius 3 is 2.55 bits per heavy atom. The zero-order chi connectivity index (χ0) is 21.3. The fourth-order valence-corrected chi connectivity index (χ4v) is 4.52. The van der Waals surface area contributed by atoms with E-state index in [-0.39, 0.29) is 35.9 Å².